The van der Waals surface area contributed by atoms with Gasteiger partial charge in [-0.05, 0) is 37.6 Å². The highest BCUT2D eigenvalue weighted by Crippen LogP contribution is 2.13. The van der Waals surface area contributed by atoms with Gasteiger partial charge in [0.1, 0.15) is 5.75 Å². The van der Waals surface area contributed by atoms with Crippen LogP contribution in [0.25, 0.3) is 0 Å². The maximum atomic E-state index is 8.94. The molecule has 0 saturated carbocycles. The largest absolute Gasteiger partial charge is 0.497 e. The lowest BCUT2D eigenvalue weighted by molar-refractivity contribution is 0.303. The maximum Gasteiger partial charge on any atom is 0.119 e. The van der Waals surface area contributed by atoms with Gasteiger partial charge in [0.15, 0.2) is 0 Å². The molecule has 0 saturated heterocycles. The van der Waals surface area contributed by atoms with Crippen LogP contribution in [0.5, 0.6) is 5.75 Å². The standard InChI is InChI=1S/C15H22N2O/c1-4-13(11-16)12-17(2)9-8-14-6-5-7-15(10-14)18-3/h5-7,10,13H,4,8-9,12H2,1-3H3. The number of methoxy groups -OCH3 is 1. The Balaban J connectivity index is 2.42. The zero-order valence-corrected chi connectivity index (χ0v) is 11.5. The molecule has 0 radical (unpaired) electrons. The summed E-state index contributed by atoms with van der Waals surface area (Å²) in [5.74, 6) is 1.04. The van der Waals surface area contributed by atoms with Crippen molar-refractivity contribution in [2.75, 3.05) is 27.2 Å². The third-order valence-corrected chi connectivity index (χ3v) is 3.12. The zero-order chi connectivity index (χ0) is 13.4. The van der Waals surface area contributed by atoms with Gasteiger partial charge in [-0.25, -0.2) is 0 Å². The third-order valence-electron chi connectivity index (χ3n) is 3.12. The molecule has 18 heavy (non-hydrogen) atoms. The Labute approximate surface area is 110 Å². The summed E-state index contributed by atoms with van der Waals surface area (Å²) in [7, 11) is 3.75. The lowest BCUT2D eigenvalue weighted by Crippen LogP contribution is -2.27. The topological polar surface area (TPSA) is 36.3 Å². The minimum absolute atomic E-state index is 0.139. The summed E-state index contributed by atoms with van der Waals surface area (Å²) in [4.78, 5) is 2.22. The molecule has 0 fully saturated rings. The molecule has 1 aromatic carbocycles. The van der Waals surface area contributed by atoms with Crippen LogP contribution in [0.1, 0.15) is 18.9 Å². The first kappa shape index (κ1) is 14.5. The van der Waals surface area contributed by atoms with Crippen molar-refractivity contribution in [1.82, 2.24) is 4.90 Å². The molecule has 1 aromatic rings. The average molecular weight is 246 g/mol. The van der Waals surface area contributed by atoms with Gasteiger partial charge in [0.05, 0.1) is 19.1 Å². The second-order valence-electron chi connectivity index (χ2n) is 4.60. The predicted octanol–water partition coefficient (Wildman–Crippen LogP) is 2.72. The van der Waals surface area contributed by atoms with E-state index >= 15 is 0 Å². The minimum atomic E-state index is 0.139. The van der Waals surface area contributed by atoms with E-state index in [1.807, 2.05) is 12.1 Å². The number of likely N-dealkylation sites (N-methyl/N-ethyl adjacent to an activating group) is 1. The van der Waals surface area contributed by atoms with Gasteiger partial charge in [0.2, 0.25) is 0 Å². The number of rotatable bonds is 7. The molecule has 0 bridgehead atoms. The molecule has 1 unspecified atom stereocenters. The van der Waals surface area contributed by atoms with Crippen LogP contribution in [0.4, 0.5) is 0 Å². The highest BCUT2D eigenvalue weighted by atomic mass is 16.5. The van der Waals surface area contributed by atoms with E-state index < -0.39 is 0 Å². The molecule has 0 aliphatic heterocycles. The van der Waals surface area contributed by atoms with Crippen LogP contribution in [0, 0.1) is 17.2 Å². The number of hydrogen-bond acceptors (Lipinski definition) is 3. The van der Waals surface area contributed by atoms with Crippen molar-refractivity contribution in [3.8, 4) is 11.8 Å². The van der Waals surface area contributed by atoms with Crippen molar-refractivity contribution >= 4 is 0 Å². The third kappa shape index (κ3) is 4.77. The Bertz CT molecular complexity index is 398. The molecular formula is C15H22N2O. The molecular weight excluding hydrogens is 224 g/mol. The van der Waals surface area contributed by atoms with Gasteiger partial charge in [-0.3, -0.25) is 0 Å². The van der Waals surface area contributed by atoms with E-state index in [0.717, 1.165) is 31.7 Å². The summed E-state index contributed by atoms with van der Waals surface area (Å²) in [6.45, 7) is 3.87. The Morgan fingerprint density at radius 3 is 2.83 bits per heavy atom. The smallest absolute Gasteiger partial charge is 0.119 e. The van der Waals surface area contributed by atoms with Crippen LogP contribution < -0.4 is 4.74 Å². The first-order chi connectivity index (χ1) is 8.69. The Hall–Kier alpha value is -1.53. The number of hydrogen-bond donors (Lipinski definition) is 0. The van der Waals surface area contributed by atoms with Gasteiger partial charge in [0.25, 0.3) is 0 Å². The Kier molecular flexibility index (Phi) is 6.24. The van der Waals surface area contributed by atoms with Crippen LogP contribution in [0.2, 0.25) is 0 Å². The molecule has 3 nitrogen and oxygen atoms in total. The first-order valence-corrected chi connectivity index (χ1v) is 6.40. The molecule has 98 valence electrons. The number of nitriles is 1. The van der Waals surface area contributed by atoms with E-state index in [1.54, 1.807) is 7.11 Å². The van der Waals surface area contributed by atoms with Crippen LogP contribution >= 0.6 is 0 Å². The number of benzene rings is 1. The van der Waals surface area contributed by atoms with Gasteiger partial charge in [0, 0.05) is 13.1 Å². The predicted molar refractivity (Wildman–Crippen MR) is 73.6 cm³/mol. The van der Waals surface area contributed by atoms with Gasteiger partial charge >= 0.3 is 0 Å². The van der Waals surface area contributed by atoms with E-state index in [-0.39, 0.29) is 5.92 Å². The van der Waals surface area contributed by atoms with Crippen molar-refractivity contribution in [3.63, 3.8) is 0 Å². The van der Waals surface area contributed by atoms with Crippen LogP contribution in [0.15, 0.2) is 24.3 Å². The van der Waals surface area contributed by atoms with E-state index in [4.69, 9.17) is 10.00 Å². The number of ether oxygens (including phenoxy) is 1. The average Bonchev–Trinajstić information content (AvgIpc) is 2.42. The van der Waals surface area contributed by atoms with E-state index in [0.29, 0.717) is 0 Å². The minimum Gasteiger partial charge on any atom is -0.497 e. The van der Waals surface area contributed by atoms with Crippen molar-refractivity contribution < 1.29 is 4.74 Å². The van der Waals surface area contributed by atoms with E-state index in [9.17, 15) is 0 Å². The SMILES string of the molecule is CCC(C#N)CN(C)CCc1cccc(OC)c1. The van der Waals surface area contributed by atoms with Gasteiger partial charge in [-0.2, -0.15) is 5.26 Å². The fraction of sp³-hybridized carbons (Fsp3) is 0.533. The molecule has 0 N–H and O–H groups in total. The van der Waals surface area contributed by atoms with Crippen molar-refractivity contribution in [2.24, 2.45) is 5.92 Å². The van der Waals surface area contributed by atoms with Crippen molar-refractivity contribution in [1.29, 1.82) is 5.26 Å². The molecule has 1 rings (SSSR count). The monoisotopic (exact) mass is 246 g/mol. The molecule has 0 amide bonds. The molecule has 0 spiro atoms. The number of nitrogens with zero attached hydrogens (tertiary/aromatic N) is 2. The second kappa shape index (κ2) is 7.73. The fourth-order valence-electron chi connectivity index (χ4n) is 1.88. The highest BCUT2D eigenvalue weighted by molar-refractivity contribution is 5.28. The first-order valence-electron chi connectivity index (χ1n) is 6.40. The molecule has 3 heteroatoms. The summed E-state index contributed by atoms with van der Waals surface area (Å²) in [6, 6.07) is 10.5. The van der Waals surface area contributed by atoms with E-state index in [2.05, 4.69) is 37.1 Å². The molecule has 0 aliphatic rings. The lowest BCUT2D eigenvalue weighted by Gasteiger charge is -2.19. The maximum absolute atomic E-state index is 8.94. The Morgan fingerprint density at radius 1 is 1.44 bits per heavy atom. The zero-order valence-electron chi connectivity index (χ0n) is 11.5. The summed E-state index contributed by atoms with van der Waals surface area (Å²) < 4.78 is 5.20. The van der Waals surface area contributed by atoms with Crippen LogP contribution in [-0.4, -0.2) is 32.1 Å². The normalized spacial score (nSPS) is 12.2. The quantitative estimate of drug-likeness (QED) is 0.742. The lowest BCUT2D eigenvalue weighted by atomic mass is 10.1. The van der Waals surface area contributed by atoms with Crippen molar-refractivity contribution in [3.05, 3.63) is 29.8 Å². The molecule has 0 heterocycles. The summed E-state index contributed by atoms with van der Waals surface area (Å²) in [5, 5.41) is 8.94. The molecule has 1 atom stereocenters. The van der Waals surface area contributed by atoms with Crippen LogP contribution in [0.3, 0.4) is 0 Å². The van der Waals surface area contributed by atoms with Crippen LogP contribution in [-0.2, 0) is 6.42 Å². The highest BCUT2D eigenvalue weighted by Gasteiger charge is 2.08. The molecule has 0 aromatic heterocycles. The van der Waals surface area contributed by atoms with Gasteiger partial charge < -0.3 is 9.64 Å². The van der Waals surface area contributed by atoms with Gasteiger partial charge in [-0.1, -0.05) is 19.1 Å². The molecule has 0 aliphatic carbocycles. The summed E-state index contributed by atoms with van der Waals surface area (Å²) in [5.41, 5.74) is 1.27. The Morgan fingerprint density at radius 2 is 2.22 bits per heavy atom. The summed E-state index contributed by atoms with van der Waals surface area (Å²) >= 11 is 0. The summed E-state index contributed by atoms with van der Waals surface area (Å²) in [6.07, 6.45) is 1.90. The second-order valence-corrected chi connectivity index (χ2v) is 4.60. The van der Waals surface area contributed by atoms with E-state index in [1.165, 1.54) is 5.56 Å². The van der Waals surface area contributed by atoms with Gasteiger partial charge in [-0.15, -0.1) is 0 Å². The van der Waals surface area contributed by atoms with Crippen molar-refractivity contribution in [2.45, 2.75) is 19.8 Å². The fourth-order valence-corrected chi connectivity index (χ4v) is 1.88.